The normalized spacial score (nSPS) is 14.9. The fourth-order valence-electron chi connectivity index (χ4n) is 2.35. The van der Waals surface area contributed by atoms with Crippen molar-refractivity contribution in [3.63, 3.8) is 0 Å². The van der Waals surface area contributed by atoms with Gasteiger partial charge in [0.05, 0.1) is 13.7 Å². The van der Waals surface area contributed by atoms with Gasteiger partial charge in [-0.1, -0.05) is 35.7 Å². The van der Waals surface area contributed by atoms with Crippen molar-refractivity contribution in [2.24, 2.45) is 5.41 Å². The van der Waals surface area contributed by atoms with Crippen LogP contribution in [-0.4, -0.2) is 30.4 Å². The molecule has 0 aromatic heterocycles. The van der Waals surface area contributed by atoms with Gasteiger partial charge in [0.15, 0.2) is 0 Å². The van der Waals surface area contributed by atoms with Gasteiger partial charge in [-0.2, -0.15) is 0 Å². The first kappa shape index (κ1) is 15.1. The number of ether oxygens (including phenoxy) is 1. The molecule has 1 saturated carbocycles. The Morgan fingerprint density at radius 1 is 1.33 bits per heavy atom. The van der Waals surface area contributed by atoms with E-state index in [-0.39, 0.29) is 12.5 Å². The molecule has 0 unspecified atom stereocenters. The van der Waals surface area contributed by atoms with Gasteiger partial charge in [-0.15, -0.1) is 6.42 Å². The van der Waals surface area contributed by atoms with Crippen LogP contribution in [0.3, 0.4) is 0 Å². The Morgan fingerprint density at radius 2 is 1.95 bits per heavy atom. The van der Waals surface area contributed by atoms with E-state index < -0.39 is 11.4 Å². The van der Waals surface area contributed by atoms with Gasteiger partial charge in [-0.3, -0.25) is 9.59 Å². The third-order valence-corrected chi connectivity index (χ3v) is 3.80. The summed E-state index contributed by atoms with van der Waals surface area (Å²) >= 11 is 0. The molecule has 2 rings (SSSR count). The number of terminal acetylenes is 1. The lowest BCUT2D eigenvalue weighted by molar-refractivity contribution is -0.156. The molecule has 0 radical (unpaired) electrons. The van der Waals surface area contributed by atoms with Crippen LogP contribution in [0.25, 0.3) is 0 Å². The maximum absolute atomic E-state index is 12.6. The van der Waals surface area contributed by atoms with E-state index in [0.717, 1.165) is 11.1 Å². The molecule has 0 heterocycles. The lowest BCUT2D eigenvalue weighted by Crippen LogP contribution is -2.41. The van der Waals surface area contributed by atoms with E-state index in [0.29, 0.717) is 19.4 Å². The number of nitrogens with zero attached hydrogens (tertiary/aromatic N) is 1. The van der Waals surface area contributed by atoms with Crippen molar-refractivity contribution in [1.82, 2.24) is 4.90 Å². The molecule has 21 heavy (non-hydrogen) atoms. The molecule has 1 aromatic rings. The molecule has 4 nitrogen and oxygen atoms in total. The van der Waals surface area contributed by atoms with Crippen LogP contribution in [0.1, 0.15) is 24.0 Å². The zero-order valence-electron chi connectivity index (χ0n) is 12.4. The standard InChI is InChI=1S/C17H19NO3/c1-4-11-18(12-14-7-5-13(2)6-8-14)15(19)17(9-10-17)16(20)21-3/h1,5-8H,9-12H2,2-3H3. The zero-order valence-corrected chi connectivity index (χ0v) is 12.4. The highest BCUT2D eigenvalue weighted by Gasteiger charge is 2.59. The predicted octanol–water partition coefficient (Wildman–Crippen LogP) is 1.91. The minimum atomic E-state index is -1.00. The Bertz CT molecular complexity index is 579. The van der Waals surface area contributed by atoms with Crippen molar-refractivity contribution >= 4 is 11.9 Å². The number of esters is 1. The van der Waals surface area contributed by atoms with E-state index >= 15 is 0 Å². The number of aryl methyl sites for hydroxylation is 1. The van der Waals surface area contributed by atoms with Crippen molar-refractivity contribution in [3.8, 4) is 12.3 Å². The Hall–Kier alpha value is -2.28. The number of hydrogen-bond donors (Lipinski definition) is 0. The fourth-order valence-corrected chi connectivity index (χ4v) is 2.35. The molecule has 0 N–H and O–H groups in total. The third kappa shape index (κ3) is 3.08. The van der Waals surface area contributed by atoms with Crippen LogP contribution in [-0.2, 0) is 20.9 Å². The van der Waals surface area contributed by atoms with Crippen LogP contribution in [0, 0.1) is 24.7 Å². The van der Waals surface area contributed by atoms with Gasteiger partial charge >= 0.3 is 5.97 Å². The first-order chi connectivity index (χ1) is 10.0. The minimum Gasteiger partial charge on any atom is -0.468 e. The van der Waals surface area contributed by atoms with E-state index in [2.05, 4.69) is 5.92 Å². The third-order valence-electron chi connectivity index (χ3n) is 3.80. The van der Waals surface area contributed by atoms with Crippen LogP contribution in [0.15, 0.2) is 24.3 Å². The molecule has 1 fully saturated rings. The lowest BCUT2D eigenvalue weighted by atomic mass is 10.0. The number of benzene rings is 1. The van der Waals surface area contributed by atoms with Crippen molar-refractivity contribution in [2.45, 2.75) is 26.3 Å². The summed E-state index contributed by atoms with van der Waals surface area (Å²) in [5.74, 6) is 1.80. The number of carbonyl (C=O) groups excluding carboxylic acids is 2. The van der Waals surface area contributed by atoms with Crippen molar-refractivity contribution in [2.75, 3.05) is 13.7 Å². The minimum absolute atomic E-state index is 0.186. The maximum Gasteiger partial charge on any atom is 0.321 e. The molecular weight excluding hydrogens is 266 g/mol. The second-order valence-electron chi connectivity index (χ2n) is 5.42. The van der Waals surface area contributed by atoms with Gasteiger partial charge < -0.3 is 9.64 Å². The van der Waals surface area contributed by atoms with Crippen LogP contribution < -0.4 is 0 Å². The number of methoxy groups -OCH3 is 1. The molecule has 0 spiro atoms. The Kier molecular flexibility index (Phi) is 4.32. The number of hydrogen-bond acceptors (Lipinski definition) is 3. The van der Waals surface area contributed by atoms with Crippen LogP contribution in [0.5, 0.6) is 0 Å². The highest BCUT2D eigenvalue weighted by atomic mass is 16.5. The SMILES string of the molecule is C#CCN(Cc1ccc(C)cc1)C(=O)C1(C(=O)OC)CC1. The Morgan fingerprint density at radius 3 is 2.43 bits per heavy atom. The maximum atomic E-state index is 12.6. The van der Waals surface area contributed by atoms with E-state index in [4.69, 9.17) is 11.2 Å². The van der Waals surface area contributed by atoms with E-state index in [1.54, 1.807) is 4.90 Å². The van der Waals surface area contributed by atoms with Crippen molar-refractivity contribution in [1.29, 1.82) is 0 Å². The highest BCUT2D eigenvalue weighted by molar-refractivity contribution is 6.05. The van der Waals surface area contributed by atoms with Crippen LogP contribution in [0.4, 0.5) is 0 Å². The average Bonchev–Trinajstić information content (AvgIpc) is 3.29. The molecule has 4 heteroatoms. The summed E-state index contributed by atoms with van der Waals surface area (Å²) in [5.41, 5.74) is 1.14. The number of rotatable bonds is 5. The Labute approximate surface area is 125 Å². The monoisotopic (exact) mass is 285 g/mol. The molecule has 1 aromatic carbocycles. The van der Waals surface area contributed by atoms with Gasteiger partial charge in [0, 0.05) is 6.54 Å². The number of carbonyl (C=O) groups is 2. The van der Waals surface area contributed by atoms with Crippen LogP contribution >= 0.6 is 0 Å². The summed E-state index contributed by atoms with van der Waals surface area (Å²) in [6, 6.07) is 7.90. The summed E-state index contributed by atoms with van der Waals surface area (Å²) in [6.07, 6.45) is 6.43. The van der Waals surface area contributed by atoms with Gasteiger partial charge in [-0.25, -0.2) is 0 Å². The molecule has 0 atom stereocenters. The van der Waals surface area contributed by atoms with Gasteiger partial charge in [-0.05, 0) is 25.3 Å². The Balaban J connectivity index is 2.16. The predicted molar refractivity (Wildman–Crippen MR) is 79.1 cm³/mol. The van der Waals surface area contributed by atoms with Crippen molar-refractivity contribution < 1.29 is 14.3 Å². The lowest BCUT2D eigenvalue weighted by Gasteiger charge is -2.24. The number of amides is 1. The molecule has 1 aliphatic rings. The molecule has 1 aliphatic carbocycles. The summed E-state index contributed by atoms with van der Waals surface area (Å²) in [6.45, 7) is 2.60. The summed E-state index contributed by atoms with van der Waals surface area (Å²) in [5, 5.41) is 0. The van der Waals surface area contributed by atoms with Gasteiger partial charge in [0.2, 0.25) is 5.91 Å². The first-order valence-electron chi connectivity index (χ1n) is 6.90. The summed E-state index contributed by atoms with van der Waals surface area (Å²) in [7, 11) is 1.31. The van der Waals surface area contributed by atoms with Crippen LogP contribution in [0.2, 0.25) is 0 Å². The molecular formula is C17H19NO3. The average molecular weight is 285 g/mol. The summed E-state index contributed by atoms with van der Waals surface area (Å²) < 4.78 is 4.75. The smallest absolute Gasteiger partial charge is 0.321 e. The van der Waals surface area contributed by atoms with E-state index in [1.165, 1.54) is 7.11 Å². The fraction of sp³-hybridized carbons (Fsp3) is 0.412. The van der Waals surface area contributed by atoms with Gasteiger partial charge in [0.25, 0.3) is 0 Å². The zero-order chi connectivity index (χ0) is 15.5. The molecule has 110 valence electrons. The first-order valence-corrected chi connectivity index (χ1v) is 6.90. The van der Waals surface area contributed by atoms with E-state index in [1.807, 2.05) is 31.2 Å². The largest absolute Gasteiger partial charge is 0.468 e. The second-order valence-corrected chi connectivity index (χ2v) is 5.42. The van der Waals surface area contributed by atoms with Crippen molar-refractivity contribution in [3.05, 3.63) is 35.4 Å². The summed E-state index contributed by atoms with van der Waals surface area (Å²) in [4.78, 5) is 26.0. The molecule has 0 bridgehead atoms. The molecule has 1 amide bonds. The second kappa shape index (κ2) is 6.01. The van der Waals surface area contributed by atoms with E-state index in [9.17, 15) is 9.59 Å². The molecule has 0 aliphatic heterocycles. The molecule has 0 saturated heterocycles. The van der Waals surface area contributed by atoms with Gasteiger partial charge in [0.1, 0.15) is 5.41 Å². The quantitative estimate of drug-likeness (QED) is 0.472. The highest BCUT2D eigenvalue weighted by Crippen LogP contribution is 2.48. The topological polar surface area (TPSA) is 46.6 Å².